The lowest BCUT2D eigenvalue weighted by Crippen LogP contribution is -2.03. The molecule has 0 bridgehead atoms. The van der Waals surface area contributed by atoms with Gasteiger partial charge in [0.25, 0.3) is 0 Å². The van der Waals surface area contributed by atoms with Crippen molar-refractivity contribution >= 4 is 5.97 Å². The largest absolute Gasteiger partial charge is 0.462 e. The Kier molecular flexibility index (Phi) is 3.34. The third kappa shape index (κ3) is 2.20. The highest BCUT2D eigenvalue weighted by Gasteiger charge is 2.12. The molecule has 2 heterocycles. The van der Waals surface area contributed by atoms with Gasteiger partial charge in [-0.1, -0.05) is 0 Å². The quantitative estimate of drug-likeness (QED) is 0.758. The number of rotatable bonds is 3. The molecule has 0 aliphatic rings. The van der Waals surface area contributed by atoms with Crippen molar-refractivity contribution in [3.63, 3.8) is 0 Å². The van der Waals surface area contributed by atoms with E-state index in [-0.39, 0.29) is 5.69 Å². The Morgan fingerprint density at radius 3 is 3.17 bits per heavy atom. The maximum absolute atomic E-state index is 11.5. The van der Waals surface area contributed by atoms with Crippen LogP contribution in [-0.4, -0.2) is 27.3 Å². The maximum atomic E-state index is 11.5. The number of nitrogens with zero attached hydrogens (tertiary/aromatic N) is 4. The molecular formula is C12H10N4O2. The van der Waals surface area contributed by atoms with Gasteiger partial charge in [0.1, 0.15) is 11.8 Å². The molecule has 0 amide bonds. The summed E-state index contributed by atoms with van der Waals surface area (Å²) in [5, 5.41) is 13.0. The van der Waals surface area contributed by atoms with Crippen LogP contribution in [0.15, 0.2) is 30.7 Å². The van der Waals surface area contributed by atoms with Crippen molar-refractivity contribution in [1.82, 2.24) is 14.8 Å². The minimum Gasteiger partial charge on any atom is -0.462 e. The molecule has 18 heavy (non-hydrogen) atoms. The summed E-state index contributed by atoms with van der Waals surface area (Å²) in [4.78, 5) is 15.4. The smallest absolute Gasteiger partial charge is 0.341 e. The van der Waals surface area contributed by atoms with E-state index in [2.05, 4.69) is 10.1 Å². The third-order valence-corrected chi connectivity index (χ3v) is 2.23. The molecule has 2 aromatic rings. The van der Waals surface area contributed by atoms with Crippen LogP contribution in [0, 0.1) is 11.3 Å². The zero-order valence-corrected chi connectivity index (χ0v) is 9.70. The summed E-state index contributed by atoms with van der Waals surface area (Å²) in [6.45, 7) is 2.04. The van der Waals surface area contributed by atoms with Gasteiger partial charge in [-0.2, -0.15) is 10.4 Å². The van der Waals surface area contributed by atoms with Crippen molar-refractivity contribution in [3.8, 4) is 11.8 Å². The fraction of sp³-hybridized carbons (Fsp3) is 0.167. The van der Waals surface area contributed by atoms with Gasteiger partial charge in [-0.3, -0.25) is 0 Å². The van der Waals surface area contributed by atoms with E-state index in [9.17, 15) is 4.79 Å². The lowest BCUT2D eigenvalue weighted by molar-refractivity contribution is 0.0526. The van der Waals surface area contributed by atoms with Gasteiger partial charge >= 0.3 is 5.97 Å². The van der Waals surface area contributed by atoms with Crippen molar-refractivity contribution in [3.05, 3.63) is 42.0 Å². The minimum atomic E-state index is -0.439. The maximum Gasteiger partial charge on any atom is 0.341 e. The molecule has 2 rings (SSSR count). The van der Waals surface area contributed by atoms with Gasteiger partial charge in [-0.05, 0) is 19.1 Å². The summed E-state index contributed by atoms with van der Waals surface area (Å²) in [6.07, 6.45) is 4.43. The molecule has 90 valence electrons. The number of nitriles is 1. The Morgan fingerprint density at radius 2 is 2.44 bits per heavy atom. The average molecular weight is 242 g/mol. The highest BCUT2D eigenvalue weighted by molar-refractivity contribution is 5.88. The normalized spacial score (nSPS) is 9.78. The zero-order valence-electron chi connectivity index (χ0n) is 9.70. The first-order valence-electron chi connectivity index (χ1n) is 5.33. The Bertz CT molecular complexity index is 613. The molecule has 0 aromatic carbocycles. The van der Waals surface area contributed by atoms with Crippen LogP contribution in [0.4, 0.5) is 0 Å². The molecule has 0 atom stereocenters. The Labute approximate surface area is 103 Å². The van der Waals surface area contributed by atoms with E-state index in [4.69, 9.17) is 10.00 Å². The number of hydrogen-bond acceptors (Lipinski definition) is 5. The molecule has 0 saturated heterocycles. The topological polar surface area (TPSA) is 80.8 Å². The molecule has 0 aliphatic carbocycles. The number of aromatic nitrogens is 3. The predicted molar refractivity (Wildman–Crippen MR) is 62.0 cm³/mol. The van der Waals surface area contributed by atoms with E-state index in [0.717, 1.165) is 0 Å². The van der Waals surface area contributed by atoms with Crippen LogP contribution < -0.4 is 0 Å². The van der Waals surface area contributed by atoms with Crippen LogP contribution in [0.2, 0.25) is 0 Å². The van der Waals surface area contributed by atoms with Crippen LogP contribution in [-0.2, 0) is 4.74 Å². The molecule has 0 spiro atoms. The van der Waals surface area contributed by atoms with E-state index in [1.54, 1.807) is 19.1 Å². The Morgan fingerprint density at radius 1 is 1.61 bits per heavy atom. The summed E-state index contributed by atoms with van der Waals surface area (Å²) in [5.41, 5.74) is 1.11. The second kappa shape index (κ2) is 5.10. The first-order chi connectivity index (χ1) is 8.76. The van der Waals surface area contributed by atoms with Crippen molar-refractivity contribution in [2.45, 2.75) is 6.92 Å². The van der Waals surface area contributed by atoms with E-state index in [0.29, 0.717) is 17.9 Å². The fourth-order valence-corrected chi connectivity index (χ4v) is 1.44. The predicted octanol–water partition coefficient (Wildman–Crippen LogP) is 1.32. The molecule has 0 aliphatic heterocycles. The molecule has 6 nitrogen and oxygen atoms in total. The van der Waals surface area contributed by atoms with Gasteiger partial charge < -0.3 is 4.74 Å². The number of ether oxygens (including phenoxy) is 1. The molecule has 0 unspecified atom stereocenters. The van der Waals surface area contributed by atoms with Crippen LogP contribution in [0.3, 0.4) is 0 Å². The molecule has 0 fully saturated rings. The van der Waals surface area contributed by atoms with Crippen molar-refractivity contribution in [1.29, 1.82) is 5.26 Å². The zero-order chi connectivity index (χ0) is 13.0. The number of esters is 1. The minimum absolute atomic E-state index is 0.246. The van der Waals surface area contributed by atoms with Gasteiger partial charge in [-0.25, -0.2) is 14.5 Å². The molecule has 6 heteroatoms. The summed E-state index contributed by atoms with van der Waals surface area (Å²) in [5.74, 6) is -0.439. The Balaban J connectivity index is 2.36. The fourth-order valence-electron chi connectivity index (χ4n) is 1.44. The average Bonchev–Trinajstić information content (AvgIpc) is 2.88. The van der Waals surface area contributed by atoms with E-state index in [1.807, 2.05) is 6.07 Å². The number of carbonyl (C=O) groups is 1. The summed E-state index contributed by atoms with van der Waals surface area (Å²) < 4.78 is 6.29. The van der Waals surface area contributed by atoms with Gasteiger partial charge in [-0.15, -0.1) is 0 Å². The standard InChI is InChI=1S/C12H10N4O2/c1-2-18-12(17)9-7-15-16(8-9)11-4-3-5-14-10(11)6-13/h3-5,7-8H,2H2,1H3. The monoisotopic (exact) mass is 242 g/mol. The van der Waals surface area contributed by atoms with Crippen LogP contribution in [0.5, 0.6) is 0 Å². The summed E-state index contributed by atoms with van der Waals surface area (Å²) >= 11 is 0. The lowest BCUT2D eigenvalue weighted by Gasteiger charge is -2.01. The van der Waals surface area contributed by atoms with Crippen LogP contribution >= 0.6 is 0 Å². The lowest BCUT2D eigenvalue weighted by atomic mass is 10.3. The highest BCUT2D eigenvalue weighted by atomic mass is 16.5. The first kappa shape index (κ1) is 11.8. The second-order valence-corrected chi connectivity index (χ2v) is 3.38. The van der Waals surface area contributed by atoms with E-state index < -0.39 is 5.97 Å². The number of hydrogen-bond donors (Lipinski definition) is 0. The first-order valence-corrected chi connectivity index (χ1v) is 5.33. The molecule has 0 saturated carbocycles. The summed E-state index contributed by atoms with van der Waals surface area (Å²) in [7, 11) is 0. The SMILES string of the molecule is CCOC(=O)c1cnn(-c2cccnc2C#N)c1. The summed E-state index contributed by atoms with van der Waals surface area (Å²) in [6, 6.07) is 5.37. The van der Waals surface area contributed by atoms with Crippen molar-refractivity contribution in [2.75, 3.05) is 6.61 Å². The van der Waals surface area contributed by atoms with Crippen LogP contribution in [0.25, 0.3) is 5.69 Å². The third-order valence-electron chi connectivity index (χ3n) is 2.23. The Hall–Kier alpha value is -2.68. The highest BCUT2D eigenvalue weighted by Crippen LogP contribution is 2.11. The molecule has 0 radical (unpaired) electrons. The van der Waals surface area contributed by atoms with Crippen LogP contribution in [0.1, 0.15) is 23.0 Å². The molecule has 0 N–H and O–H groups in total. The van der Waals surface area contributed by atoms with Gasteiger partial charge in [0.05, 0.1) is 18.4 Å². The van der Waals surface area contributed by atoms with E-state index in [1.165, 1.54) is 23.3 Å². The number of pyridine rings is 1. The molecule has 2 aromatic heterocycles. The van der Waals surface area contributed by atoms with Crippen molar-refractivity contribution in [2.24, 2.45) is 0 Å². The number of carbonyl (C=O) groups excluding carboxylic acids is 1. The van der Waals surface area contributed by atoms with Gasteiger partial charge in [0, 0.05) is 12.4 Å². The van der Waals surface area contributed by atoms with Crippen molar-refractivity contribution < 1.29 is 9.53 Å². The van der Waals surface area contributed by atoms with Gasteiger partial charge in [0.2, 0.25) is 0 Å². The molecular weight excluding hydrogens is 232 g/mol. The van der Waals surface area contributed by atoms with Gasteiger partial charge in [0.15, 0.2) is 5.69 Å². The second-order valence-electron chi connectivity index (χ2n) is 3.38. The van der Waals surface area contributed by atoms with E-state index >= 15 is 0 Å².